The maximum absolute atomic E-state index is 12.3. The molecule has 1 saturated carbocycles. The number of benzene rings is 2. The standard InChI is InChI=1S/C22H24N2O2/c1-26-21-4-2-3-19(14-21)18-9-5-16(6-10-18)13-22(25)24-20-11-7-17(15-23)8-12-20/h2-4,7-8,11-12,14,16,18H,5-6,9-10,13H2,1H3,(H,24,25). The van der Waals surface area contributed by atoms with E-state index in [0.29, 0.717) is 23.8 Å². The Morgan fingerprint density at radius 1 is 1.15 bits per heavy atom. The van der Waals surface area contributed by atoms with Gasteiger partial charge < -0.3 is 10.1 Å². The summed E-state index contributed by atoms with van der Waals surface area (Å²) in [5, 5.41) is 11.7. The van der Waals surface area contributed by atoms with Gasteiger partial charge in [-0.15, -0.1) is 0 Å². The number of anilines is 1. The van der Waals surface area contributed by atoms with Crippen LogP contribution in [0, 0.1) is 17.2 Å². The Labute approximate surface area is 154 Å². The van der Waals surface area contributed by atoms with E-state index in [-0.39, 0.29) is 5.91 Å². The summed E-state index contributed by atoms with van der Waals surface area (Å²) in [7, 11) is 1.70. The fraction of sp³-hybridized carbons (Fsp3) is 0.364. The second kappa shape index (κ2) is 8.53. The number of nitrogens with one attached hydrogen (secondary N) is 1. The normalized spacial score (nSPS) is 19.4. The topological polar surface area (TPSA) is 62.1 Å². The summed E-state index contributed by atoms with van der Waals surface area (Å²) in [6, 6.07) is 17.4. The van der Waals surface area contributed by atoms with Crippen LogP contribution in [0.4, 0.5) is 5.69 Å². The molecular weight excluding hydrogens is 324 g/mol. The van der Waals surface area contributed by atoms with Crippen LogP contribution in [-0.2, 0) is 4.79 Å². The molecule has 0 atom stereocenters. The lowest BCUT2D eigenvalue weighted by Gasteiger charge is -2.28. The molecule has 0 saturated heterocycles. The molecule has 1 amide bonds. The van der Waals surface area contributed by atoms with Crippen LogP contribution in [0.1, 0.15) is 49.1 Å². The van der Waals surface area contributed by atoms with E-state index >= 15 is 0 Å². The Hall–Kier alpha value is -2.80. The zero-order valence-corrected chi connectivity index (χ0v) is 15.1. The molecule has 4 nitrogen and oxygen atoms in total. The maximum Gasteiger partial charge on any atom is 0.224 e. The minimum Gasteiger partial charge on any atom is -0.497 e. The Kier molecular flexibility index (Phi) is 5.91. The zero-order chi connectivity index (χ0) is 18.4. The van der Waals surface area contributed by atoms with E-state index in [1.165, 1.54) is 5.56 Å². The van der Waals surface area contributed by atoms with E-state index in [1.807, 2.05) is 12.1 Å². The van der Waals surface area contributed by atoms with Crippen molar-refractivity contribution in [2.45, 2.75) is 38.0 Å². The highest BCUT2D eigenvalue weighted by molar-refractivity contribution is 5.90. The third-order valence-corrected chi connectivity index (χ3v) is 5.18. The van der Waals surface area contributed by atoms with Crippen molar-refractivity contribution in [1.29, 1.82) is 5.26 Å². The summed E-state index contributed by atoms with van der Waals surface area (Å²) in [6.45, 7) is 0. The van der Waals surface area contributed by atoms with Crippen molar-refractivity contribution in [2.75, 3.05) is 12.4 Å². The number of amides is 1. The number of carbonyl (C=O) groups excluding carboxylic acids is 1. The van der Waals surface area contributed by atoms with Crippen molar-refractivity contribution in [2.24, 2.45) is 5.92 Å². The van der Waals surface area contributed by atoms with Gasteiger partial charge in [0.1, 0.15) is 5.75 Å². The predicted molar refractivity (Wildman–Crippen MR) is 102 cm³/mol. The van der Waals surface area contributed by atoms with Gasteiger partial charge in [0, 0.05) is 12.1 Å². The lowest BCUT2D eigenvalue weighted by molar-refractivity contribution is -0.117. The maximum atomic E-state index is 12.3. The SMILES string of the molecule is COc1cccc(C2CCC(CC(=O)Nc3ccc(C#N)cc3)CC2)c1. The van der Waals surface area contributed by atoms with Crippen LogP contribution in [-0.4, -0.2) is 13.0 Å². The first kappa shape index (κ1) is 18.0. The number of nitrogens with zero attached hydrogens (tertiary/aromatic N) is 1. The number of ether oxygens (including phenoxy) is 1. The second-order valence-electron chi connectivity index (χ2n) is 6.94. The average molecular weight is 348 g/mol. The van der Waals surface area contributed by atoms with Gasteiger partial charge in [0.2, 0.25) is 5.91 Å². The Morgan fingerprint density at radius 2 is 1.88 bits per heavy atom. The monoisotopic (exact) mass is 348 g/mol. The van der Waals surface area contributed by atoms with Gasteiger partial charge in [-0.1, -0.05) is 12.1 Å². The van der Waals surface area contributed by atoms with Crippen LogP contribution in [0.15, 0.2) is 48.5 Å². The summed E-state index contributed by atoms with van der Waals surface area (Å²) in [5.74, 6) is 1.96. The van der Waals surface area contributed by atoms with Gasteiger partial charge in [-0.2, -0.15) is 5.26 Å². The largest absolute Gasteiger partial charge is 0.497 e. The van der Waals surface area contributed by atoms with Crippen molar-refractivity contribution in [3.8, 4) is 11.8 Å². The van der Waals surface area contributed by atoms with E-state index in [4.69, 9.17) is 10.00 Å². The average Bonchev–Trinajstić information content (AvgIpc) is 2.69. The lowest BCUT2D eigenvalue weighted by atomic mass is 9.77. The quantitative estimate of drug-likeness (QED) is 0.838. The summed E-state index contributed by atoms with van der Waals surface area (Å²) >= 11 is 0. The number of hydrogen-bond donors (Lipinski definition) is 1. The third-order valence-electron chi connectivity index (χ3n) is 5.18. The number of nitriles is 1. The highest BCUT2D eigenvalue weighted by atomic mass is 16.5. The summed E-state index contributed by atoms with van der Waals surface area (Å²) in [5.41, 5.74) is 2.68. The number of rotatable bonds is 5. The van der Waals surface area contributed by atoms with Gasteiger partial charge in [-0.25, -0.2) is 0 Å². The van der Waals surface area contributed by atoms with Gasteiger partial charge in [0.25, 0.3) is 0 Å². The van der Waals surface area contributed by atoms with Crippen molar-refractivity contribution in [1.82, 2.24) is 0 Å². The van der Waals surface area contributed by atoms with Crippen molar-refractivity contribution in [3.63, 3.8) is 0 Å². The molecule has 1 aliphatic rings. The summed E-state index contributed by atoms with van der Waals surface area (Å²) in [4.78, 5) is 12.3. The minimum absolute atomic E-state index is 0.0551. The number of carbonyl (C=O) groups is 1. The van der Waals surface area contributed by atoms with Crippen LogP contribution in [0.2, 0.25) is 0 Å². The molecular formula is C22H24N2O2. The summed E-state index contributed by atoms with van der Waals surface area (Å²) < 4.78 is 5.32. The van der Waals surface area contributed by atoms with Crippen LogP contribution in [0.5, 0.6) is 5.75 Å². The first-order valence-corrected chi connectivity index (χ1v) is 9.12. The van der Waals surface area contributed by atoms with E-state index < -0.39 is 0 Å². The van der Waals surface area contributed by atoms with Gasteiger partial charge in [-0.3, -0.25) is 4.79 Å². The van der Waals surface area contributed by atoms with E-state index in [2.05, 4.69) is 23.5 Å². The smallest absolute Gasteiger partial charge is 0.224 e. The third kappa shape index (κ3) is 4.64. The molecule has 0 bridgehead atoms. The Balaban J connectivity index is 1.48. The van der Waals surface area contributed by atoms with Gasteiger partial charge in [-0.05, 0) is 79.5 Å². The molecule has 0 heterocycles. The molecule has 1 aliphatic carbocycles. The highest BCUT2D eigenvalue weighted by Crippen LogP contribution is 2.38. The molecule has 0 aromatic heterocycles. The molecule has 0 aliphatic heterocycles. The Bertz CT molecular complexity index is 785. The molecule has 4 heteroatoms. The molecule has 2 aromatic carbocycles. The molecule has 0 spiro atoms. The first-order chi connectivity index (χ1) is 12.7. The highest BCUT2D eigenvalue weighted by Gasteiger charge is 2.24. The van der Waals surface area contributed by atoms with Crippen LogP contribution in [0.25, 0.3) is 0 Å². The molecule has 1 fully saturated rings. The second-order valence-corrected chi connectivity index (χ2v) is 6.94. The van der Waals surface area contributed by atoms with Crippen LogP contribution in [0.3, 0.4) is 0 Å². The van der Waals surface area contributed by atoms with Crippen LogP contribution < -0.4 is 10.1 Å². The zero-order valence-electron chi connectivity index (χ0n) is 15.1. The number of methoxy groups -OCH3 is 1. The molecule has 3 rings (SSSR count). The molecule has 0 unspecified atom stereocenters. The minimum atomic E-state index is 0.0551. The van der Waals surface area contributed by atoms with E-state index in [0.717, 1.165) is 37.1 Å². The van der Waals surface area contributed by atoms with Gasteiger partial charge in [0.15, 0.2) is 0 Å². The van der Waals surface area contributed by atoms with Crippen LogP contribution >= 0.6 is 0 Å². The predicted octanol–water partition coefficient (Wildman–Crippen LogP) is 4.87. The fourth-order valence-electron chi connectivity index (χ4n) is 3.70. The lowest BCUT2D eigenvalue weighted by Crippen LogP contribution is -2.20. The molecule has 134 valence electrons. The van der Waals surface area contributed by atoms with Crippen molar-refractivity contribution in [3.05, 3.63) is 59.7 Å². The number of hydrogen-bond acceptors (Lipinski definition) is 3. The fourth-order valence-corrected chi connectivity index (χ4v) is 3.70. The van der Waals surface area contributed by atoms with Gasteiger partial charge in [0.05, 0.1) is 18.7 Å². The summed E-state index contributed by atoms with van der Waals surface area (Å²) in [6.07, 6.45) is 4.93. The Morgan fingerprint density at radius 3 is 2.54 bits per heavy atom. The van der Waals surface area contributed by atoms with Crippen molar-refractivity contribution >= 4 is 11.6 Å². The molecule has 2 aromatic rings. The van der Waals surface area contributed by atoms with E-state index in [9.17, 15) is 4.79 Å². The molecule has 0 radical (unpaired) electrons. The van der Waals surface area contributed by atoms with E-state index in [1.54, 1.807) is 31.4 Å². The van der Waals surface area contributed by atoms with Gasteiger partial charge >= 0.3 is 0 Å². The molecule has 1 N–H and O–H groups in total. The molecule has 26 heavy (non-hydrogen) atoms. The first-order valence-electron chi connectivity index (χ1n) is 9.12. The van der Waals surface area contributed by atoms with Crippen molar-refractivity contribution < 1.29 is 9.53 Å².